The van der Waals surface area contributed by atoms with Crippen molar-refractivity contribution in [3.05, 3.63) is 69.8 Å². The first-order valence-corrected chi connectivity index (χ1v) is 8.88. The number of hydrogen-bond acceptors (Lipinski definition) is 5. The van der Waals surface area contributed by atoms with Crippen molar-refractivity contribution in [3.63, 3.8) is 0 Å². The first-order valence-electron chi connectivity index (χ1n) is 8.88. The average Bonchev–Trinajstić information content (AvgIpc) is 3.17. The van der Waals surface area contributed by atoms with Crippen LogP contribution in [0.4, 0.5) is 14.5 Å². The van der Waals surface area contributed by atoms with E-state index in [0.717, 1.165) is 18.6 Å². The van der Waals surface area contributed by atoms with Gasteiger partial charge in [-0.2, -0.15) is 0 Å². The SMILES string of the molecule is O=C(COC(=O)c1ccc2c(=O)n3c(nc2c1)CCC3)Nc1ccc(F)c(F)c1. The second-order valence-corrected chi connectivity index (χ2v) is 6.57. The molecule has 0 saturated heterocycles. The monoisotopic (exact) mass is 399 g/mol. The second kappa shape index (κ2) is 7.42. The van der Waals surface area contributed by atoms with Crippen molar-refractivity contribution >= 4 is 28.5 Å². The Morgan fingerprint density at radius 3 is 2.76 bits per heavy atom. The van der Waals surface area contributed by atoms with Gasteiger partial charge in [0.1, 0.15) is 5.82 Å². The summed E-state index contributed by atoms with van der Waals surface area (Å²) in [7, 11) is 0. The minimum atomic E-state index is -1.11. The van der Waals surface area contributed by atoms with Gasteiger partial charge in [-0.25, -0.2) is 18.6 Å². The van der Waals surface area contributed by atoms with E-state index >= 15 is 0 Å². The Bertz CT molecular complexity index is 1210. The zero-order chi connectivity index (χ0) is 20.5. The highest BCUT2D eigenvalue weighted by molar-refractivity contribution is 5.97. The van der Waals surface area contributed by atoms with Gasteiger partial charge in [0, 0.05) is 24.7 Å². The number of benzene rings is 2. The van der Waals surface area contributed by atoms with Crippen molar-refractivity contribution in [2.75, 3.05) is 11.9 Å². The predicted molar refractivity (Wildman–Crippen MR) is 99.6 cm³/mol. The molecule has 1 aliphatic heterocycles. The molecule has 7 nitrogen and oxygen atoms in total. The third-order valence-corrected chi connectivity index (χ3v) is 4.59. The Labute approximate surface area is 162 Å². The highest BCUT2D eigenvalue weighted by Crippen LogP contribution is 2.17. The number of nitrogens with one attached hydrogen (secondary N) is 1. The Kier molecular flexibility index (Phi) is 4.79. The van der Waals surface area contributed by atoms with Gasteiger partial charge in [0.05, 0.1) is 16.5 Å². The molecule has 29 heavy (non-hydrogen) atoms. The molecule has 9 heteroatoms. The molecule has 0 fully saturated rings. The van der Waals surface area contributed by atoms with Crippen LogP contribution in [-0.2, 0) is 22.5 Å². The van der Waals surface area contributed by atoms with Crippen molar-refractivity contribution in [2.24, 2.45) is 0 Å². The average molecular weight is 399 g/mol. The number of nitrogens with zero attached hydrogens (tertiary/aromatic N) is 2. The van der Waals surface area contributed by atoms with E-state index in [2.05, 4.69) is 10.3 Å². The van der Waals surface area contributed by atoms with E-state index < -0.39 is 30.1 Å². The molecule has 4 rings (SSSR count). The van der Waals surface area contributed by atoms with Crippen LogP contribution in [0.3, 0.4) is 0 Å². The Balaban J connectivity index is 1.45. The number of rotatable bonds is 4. The molecule has 148 valence electrons. The molecule has 0 unspecified atom stereocenters. The van der Waals surface area contributed by atoms with Crippen LogP contribution in [0.2, 0.25) is 0 Å². The summed E-state index contributed by atoms with van der Waals surface area (Å²) >= 11 is 0. The quantitative estimate of drug-likeness (QED) is 0.681. The summed E-state index contributed by atoms with van der Waals surface area (Å²) in [6.07, 6.45) is 1.55. The number of esters is 1. The number of ether oxygens (including phenoxy) is 1. The lowest BCUT2D eigenvalue weighted by Crippen LogP contribution is -2.22. The fourth-order valence-corrected chi connectivity index (χ4v) is 3.20. The molecule has 2 aromatic carbocycles. The summed E-state index contributed by atoms with van der Waals surface area (Å²) in [6, 6.07) is 7.27. The Morgan fingerprint density at radius 2 is 1.97 bits per heavy atom. The predicted octanol–water partition coefficient (Wildman–Crippen LogP) is 2.42. The van der Waals surface area contributed by atoms with E-state index in [1.165, 1.54) is 24.3 Å². The summed E-state index contributed by atoms with van der Waals surface area (Å²) in [6.45, 7) is 0.0180. The number of hydrogen-bond donors (Lipinski definition) is 1. The fourth-order valence-electron chi connectivity index (χ4n) is 3.20. The van der Waals surface area contributed by atoms with Crippen LogP contribution in [-0.4, -0.2) is 28.0 Å². The normalized spacial score (nSPS) is 12.6. The minimum absolute atomic E-state index is 0.0363. The molecule has 0 bridgehead atoms. The molecule has 0 aliphatic carbocycles. The molecular formula is C20H15F2N3O4. The molecule has 1 aliphatic rings. The molecule has 1 amide bonds. The highest BCUT2D eigenvalue weighted by atomic mass is 19.2. The van der Waals surface area contributed by atoms with Crippen LogP contribution in [0.5, 0.6) is 0 Å². The summed E-state index contributed by atoms with van der Waals surface area (Å²) in [5, 5.41) is 2.71. The zero-order valence-electron chi connectivity index (χ0n) is 15.1. The molecule has 3 aromatic rings. The van der Waals surface area contributed by atoms with Crippen molar-refractivity contribution in [1.82, 2.24) is 9.55 Å². The van der Waals surface area contributed by atoms with Crippen LogP contribution in [0, 0.1) is 11.6 Å². The lowest BCUT2D eigenvalue weighted by Gasteiger charge is -2.08. The summed E-state index contributed by atoms with van der Waals surface area (Å²) in [4.78, 5) is 41.0. The number of amides is 1. The number of halogens is 2. The summed E-state index contributed by atoms with van der Waals surface area (Å²) < 4.78 is 32.7. The van der Waals surface area contributed by atoms with Crippen LogP contribution in [0.25, 0.3) is 10.9 Å². The van der Waals surface area contributed by atoms with E-state index in [1.807, 2.05) is 0 Å². The maximum atomic E-state index is 13.2. The van der Waals surface area contributed by atoms with Gasteiger partial charge in [0.15, 0.2) is 18.2 Å². The van der Waals surface area contributed by atoms with E-state index in [1.54, 1.807) is 4.57 Å². The third kappa shape index (κ3) is 3.71. The maximum absolute atomic E-state index is 13.2. The van der Waals surface area contributed by atoms with E-state index in [9.17, 15) is 23.2 Å². The number of aryl methyl sites for hydroxylation is 1. The van der Waals surface area contributed by atoms with Crippen molar-refractivity contribution < 1.29 is 23.1 Å². The molecule has 1 N–H and O–H groups in total. The second-order valence-electron chi connectivity index (χ2n) is 6.57. The van der Waals surface area contributed by atoms with Gasteiger partial charge in [-0.05, 0) is 36.8 Å². The number of aromatic nitrogens is 2. The first kappa shape index (κ1) is 18.7. The van der Waals surface area contributed by atoms with Crippen LogP contribution < -0.4 is 10.9 Å². The Morgan fingerprint density at radius 1 is 1.14 bits per heavy atom. The molecule has 1 aromatic heterocycles. The lowest BCUT2D eigenvalue weighted by atomic mass is 10.1. The van der Waals surface area contributed by atoms with Gasteiger partial charge in [0.2, 0.25) is 0 Å². The number of anilines is 1. The molecule has 0 saturated carbocycles. The first-order chi connectivity index (χ1) is 13.9. The number of carbonyl (C=O) groups excluding carboxylic acids is 2. The smallest absolute Gasteiger partial charge is 0.338 e. The van der Waals surface area contributed by atoms with Crippen molar-refractivity contribution in [3.8, 4) is 0 Å². The van der Waals surface area contributed by atoms with E-state index in [-0.39, 0.29) is 16.8 Å². The Hall–Kier alpha value is -3.62. The number of fused-ring (bicyclic) bond motifs is 2. The molecule has 0 radical (unpaired) electrons. The van der Waals surface area contributed by atoms with Crippen LogP contribution in [0.1, 0.15) is 22.6 Å². The van der Waals surface area contributed by atoms with Gasteiger partial charge in [0.25, 0.3) is 11.5 Å². The molecule has 0 spiro atoms. The van der Waals surface area contributed by atoms with Crippen molar-refractivity contribution in [1.29, 1.82) is 0 Å². The van der Waals surface area contributed by atoms with Gasteiger partial charge in [-0.1, -0.05) is 0 Å². The summed E-state index contributed by atoms with van der Waals surface area (Å²) in [5.41, 5.74) is 0.430. The lowest BCUT2D eigenvalue weighted by molar-refractivity contribution is -0.119. The standard InChI is InChI=1S/C20H15F2N3O4/c21-14-6-4-12(9-15(14)22)23-18(26)10-29-20(28)11-3-5-13-16(8-11)24-17-2-1-7-25(17)19(13)27/h3-6,8-9H,1-2,7,10H2,(H,23,26). The van der Waals surface area contributed by atoms with Crippen molar-refractivity contribution in [2.45, 2.75) is 19.4 Å². The highest BCUT2D eigenvalue weighted by Gasteiger charge is 2.18. The molecule has 0 atom stereocenters. The molecular weight excluding hydrogens is 384 g/mol. The third-order valence-electron chi connectivity index (χ3n) is 4.59. The molecule has 2 heterocycles. The van der Waals surface area contributed by atoms with Gasteiger partial charge in [-0.3, -0.25) is 14.2 Å². The van der Waals surface area contributed by atoms with Crippen LogP contribution >= 0.6 is 0 Å². The minimum Gasteiger partial charge on any atom is -0.452 e. The van der Waals surface area contributed by atoms with E-state index in [0.29, 0.717) is 29.7 Å². The van der Waals surface area contributed by atoms with Gasteiger partial charge >= 0.3 is 5.97 Å². The van der Waals surface area contributed by atoms with Gasteiger partial charge < -0.3 is 10.1 Å². The summed E-state index contributed by atoms with van der Waals surface area (Å²) in [5.74, 6) is -2.94. The largest absolute Gasteiger partial charge is 0.452 e. The number of carbonyl (C=O) groups is 2. The van der Waals surface area contributed by atoms with Gasteiger partial charge in [-0.15, -0.1) is 0 Å². The zero-order valence-corrected chi connectivity index (χ0v) is 15.1. The maximum Gasteiger partial charge on any atom is 0.338 e. The van der Waals surface area contributed by atoms with Crippen LogP contribution in [0.15, 0.2) is 41.2 Å². The topological polar surface area (TPSA) is 90.3 Å². The van der Waals surface area contributed by atoms with E-state index in [4.69, 9.17) is 4.74 Å². The fraction of sp³-hybridized carbons (Fsp3) is 0.200.